The Hall–Kier alpha value is -1.89. The fraction of sp³-hybridized carbons (Fsp3) is 0.722. The Balaban J connectivity index is 1.64. The van der Waals surface area contributed by atoms with Crippen LogP contribution in [0.2, 0.25) is 0 Å². The van der Waals surface area contributed by atoms with Crippen molar-refractivity contribution in [1.29, 1.82) is 0 Å². The third-order valence-corrected chi connectivity index (χ3v) is 5.75. The molecule has 7 heteroatoms. The van der Waals surface area contributed by atoms with Gasteiger partial charge in [0.05, 0.1) is 24.0 Å². The zero-order chi connectivity index (χ0) is 18.0. The van der Waals surface area contributed by atoms with Crippen molar-refractivity contribution in [2.24, 2.45) is 5.41 Å². The van der Waals surface area contributed by atoms with Crippen LogP contribution in [0.25, 0.3) is 0 Å². The monoisotopic (exact) mass is 348 g/mol. The molecule has 25 heavy (non-hydrogen) atoms. The van der Waals surface area contributed by atoms with Gasteiger partial charge in [-0.3, -0.25) is 9.59 Å². The molecule has 138 valence electrons. The number of ether oxygens (including phenoxy) is 1. The molecule has 0 radical (unpaired) electrons. The Morgan fingerprint density at radius 2 is 2.12 bits per heavy atom. The third kappa shape index (κ3) is 3.42. The molecule has 1 atom stereocenters. The molecule has 0 N–H and O–H groups in total. The topological polar surface area (TPSA) is 67.7 Å². The highest BCUT2D eigenvalue weighted by Crippen LogP contribution is 2.40. The molecule has 2 amide bonds. The molecule has 3 rings (SSSR count). The second kappa shape index (κ2) is 7.15. The average molecular weight is 348 g/mol. The predicted octanol–water partition coefficient (Wildman–Crippen LogP) is 0.987. The van der Waals surface area contributed by atoms with E-state index in [0.717, 1.165) is 37.2 Å². The van der Waals surface area contributed by atoms with E-state index >= 15 is 0 Å². The molecule has 2 aliphatic heterocycles. The summed E-state index contributed by atoms with van der Waals surface area (Å²) >= 11 is 0. The van der Waals surface area contributed by atoms with Gasteiger partial charge in [-0.25, -0.2) is 4.98 Å². The van der Waals surface area contributed by atoms with Gasteiger partial charge in [0.1, 0.15) is 6.54 Å². The summed E-state index contributed by atoms with van der Waals surface area (Å²) in [5.74, 6) is 0.264. The largest absolute Gasteiger partial charge is 0.383 e. The number of rotatable bonds is 5. The first-order chi connectivity index (χ1) is 12.0. The summed E-state index contributed by atoms with van der Waals surface area (Å²) < 4.78 is 7.00. The molecule has 1 aromatic heterocycles. The normalized spacial score (nSPS) is 23.7. The summed E-state index contributed by atoms with van der Waals surface area (Å²) in [7, 11) is 1.65. The highest BCUT2D eigenvalue weighted by atomic mass is 16.5. The maximum absolute atomic E-state index is 13.0. The SMILES string of the molecule is COCCN1CCC[C@]2(CCN(C(=O)Cn3cnc(C)c3C)C2)C1=O. The van der Waals surface area contributed by atoms with Crippen LogP contribution < -0.4 is 0 Å². The number of methoxy groups -OCH3 is 1. The van der Waals surface area contributed by atoms with Crippen molar-refractivity contribution in [3.63, 3.8) is 0 Å². The van der Waals surface area contributed by atoms with Crippen LogP contribution in [0.3, 0.4) is 0 Å². The first-order valence-corrected chi connectivity index (χ1v) is 9.01. The van der Waals surface area contributed by atoms with Crippen molar-refractivity contribution < 1.29 is 14.3 Å². The standard InChI is InChI=1S/C18H28N4O3/c1-14-15(2)22(13-19-14)11-16(23)21-8-6-18(12-21)5-4-7-20(17(18)24)9-10-25-3/h13H,4-12H2,1-3H3/t18-/m1/s1. The van der Waals surface area contributed by atoms with Crippen molar-refractivity contribution in [2.45, 2.75) is 39.7 Å². The number of hydrogen-bond donors (Lipinski definition) is 0. The summed E-state index contributed by atoms with van der Waals surface area (Å²) in [4.78, 5) is 33.7. The number of aromatic nitrogens is 2. The molecule has 7 nitrogen and oxygen atoms in total. The van der Waals surface area contributed by atoms with Gasteiger partial charge in [-0.15, -0.1) is 0 Å². The molecule has 3 heterocycles. The summed E-state index contributed by atoms with van der Waals surface area (Å²) in [6, 6.07) is 0. The van der Waals surface area contributed by atoms with Gasteiger partial charge in [0.2, 0.25) is 11.8 Å². The summed E-state index contributed by atoms with van der Waals surface area (Å²) in [6.45, 7) is 7.41. The number of amides is 2. The van der Waals surface area contributed by atoms with E-state index < -0.39 is 0 Å². The Morgan fingerprint density at radius 3 is 2.80 bits per heavy atom. The van der Waals surface area contributed by atoms with Crippen molar-refractivity contribution in [3.05, 3.63) is 17.7 Å². The molecule has 1 aromatic rings. The van der Waals surface area contributed by atoms with Gasteiger partial charge < -0.3 is 19.1 Å². The maximum atomic E-state index is 13.0. The molecule has 2 aliphatic rings. The van der Waals surface area contributed by atoms with Crippen molar-refractivity contribution in [2.75, 3.05) is 39.9 Å². The van der Waals surface area contributed by atoms with E-state index in [1.165, 1.54) is 0 Å². The highest BCUT2D eigenvalue weighted by Gasteiger charge is 2.49. The van der Waals surface area contributed by atoms with Gasteiger partial charge in [0, 0.05) is 39.0 Å². The first-order valence-electron chi connectivity index (χ1n) is 9.01. The molecule has 2 fully saturated rings. The molecular weight excluding hydrogens is 320 g/mol. The minimum Gasteiger partial charge on any atom is -0.383 e. The Labute approximate surface area is 148 Å². The van der Waals surface area contributed by atoms with Gasteiger partial charge in [0.25, 0.3) is 0 Å². The second-order valence-electron chi connectivity index (χ2n) is 7.28. The van der Waals surface area contributed by atoms with Crippen LogP contribution in [-0.4, -0.2) is 71.1 Å². The van der Waals surface area contributed by atoms with E-state index in [2.05, 4.69) is 4.98 Å². The number of nitrogens with zero attached hydrogens (tertiary/aromatic N) is 4. The average Bonchev–Trinajstić information content (AvgIpc) is 3.16. The maximum Gasteiger partial charge on any atom is 0.242 e. The molecule has 0 aliphatic carbocycles. The van der Waals surface area contributed by atoms with Crippen LogP contribution in [-0.2, 0) is 20.9 Å². The van der Waals surface area contributed by atoms with Gasteiger partial charge in [-0.05, 0) is 33.1 Å². The van der Waals surface area contributed by atoms with Crippen LogP contribution >= 0.6 is 0 Å². The second-order valence-corrected chi connectivity index (χ2v) is 7.28. The van der Waals surface area contributed by atoms with Crippen molar-refractivity contribution in [1.82, 2.24) is 19.4 Å². The van der Waals surface area contributed by atoms with E-state index in [9.17, 15) is 9.59 Å². The summed E-state index contributed by atoms with van der Waals surface area (Å²) in [5.41, 5.74) is 1.57. The number of hydrogen-bond acceptors (Lipinski definition) is 4. The van der Waals surface area contributed by atoms with E-state index in [-0.39, 0.29) is 17.2 Å². The van der Waals surface area contributed by atoms with E-state index in [1.807, 2.05) is 28.2 Å². The Kier molecular flexibility index (Phi) is 5.13. The van der Waals surface area contributed by atoms with Gasteiger partial charge in [0.15, 0.2) is 0 Å². The van der Waals surface area contributed by atoms with Crippen molar-refractivity contribution >= 4 is 11.8 Å². The molecular formula is C18H28N4O3. The fourth-order valence-electron chi connectivity index (χ4n) is 3.98. The van der Waals surface area contributed by atoms with E-state index in [0.29, 0.717) is 32.8 Å². The molecule has 0 saturated carbocycles. The molecule has 0 unspecified atom stereocenters. The van der Waals surface area contributed by atoms with E-state index in [1.54, 1.807) is 13.4 Å². The summed E-state index contributed by atoms with van der Waals surface area (Å²) in [6.07, 6.45) is 4.36. The Morgan fingerprint density at radius 1 is 1.32 bits per heavy atom. The number of aryl methyl sites for hydroxylation is 1. The quantitative estimate of drug-likeness (QED) is 0.796. The lowest BCUT2D eigenvalue weighted by Gasteiger charge is -2.39. The lowest BCUT2D eigenvalue weighted by atomic mass is 9.78. The zero-order valence-electron chi connectivity index (χ0n) is 15.5. The van der Waals surface area contributed by atoms with Crippen LogP contribution in [0.5, 0.6) is 0 Å². The lowest BCUT2D eigenvalue weighted by Crippen LogP contribution is -2.51. The number of piperidine rings is 1. The molecule has 0 bridgehead atoms. The van der Waals surface area contributed by atoms with E-state index in [4.69, 9.17) is 4.74 Å². The summed E-state index contributed by atoms with van der Waals surface area (Å²) in [5, 5.41) is 0. The fourth-order valence-corrected chi connectivity index (χ4v) is 3.98. The molecule has 2 saturated heterocycles. The Bertz CT molecular complexity index is 657. The van der Waals surface area contributed by atoms with Gasteiger partial charge in [-0.1, -0.05) is 0 Å². The van der Waals surface area contributed by atoms with Crippen molar-refractivity contribution in [3.8, 4) is 0 Å². The number of carbonyl (C=O) groups is 2. The number of imidazole rings is 1. The minimum absolute atomic E-state index is 0.0687. The number of likely N-dealkylation sites (tertiary alicyclic amines) is 2. The van der Waals surface area contributed by atoms with Crippen LogP contribution in [0.1, 0.15) is 30.7 Å². The third-order valence-electron chi connectivity index (χ3n) is 5.75. The predicted molar refractivity (Wildman–Crippen MR) is 93.0 cm³/mol. The molecule has 1 spiro atoms. The van der Waals surface area contributed by atoms with Gasteiger partial charge >= 0.3 is 0 Å². The van der Waals surface area contributed by atoms with Crippen LogP contribution in [0.4, 0.5) is 0 Å². The molecule has 0 aromatic carbocycles. The highest BCUT2D eigenvalue weighted by molar-refractivity contribution is 5.86. The van der Waals surface area contributed by atoms with Crippen LogP contribution in [0.15, 0.2) is 6.33 Å². The first kappa shape index (κ1) is 17.9. The number of carbonyl (C=O) groups excluding carboxylic acids is 2. The van der Waals surface area contributed by atoms with Crippen LogP contribution in [0, 0.1) is 19.3 Å². The lowest BCUT2D eigenvalue weighted by molar-refractivity contribution is -0.146. The minimum atomic E-state index is -0.387. The smallest absolute Gasteiger partial charge is 0.242 e. The zero-order valence-corrected chi connectivity index (χ0v) is 15.5. The van der Waals surface area contributed by atoms with Gasteiger partial charge in [-0.2, -0.15) is 0 Å².